The molecule has 1 fully saturated rings. The van der Waals surface area contributed by atoms with Gasteiger partial charge in [-0.2, -0.15) is 5.10 Å². The Hall–Kier alpha value is -2.53. The molecule has 0 spiro atoms. The lowest BCUT2D eigenvalue weighted by Gasteiger charge is -2.33. The topological polar surface area (TPSA) is 48.3 Å². The maximum absolute atomic E-state index is 10.1. The van der Waals surface area contributed by atoms with Gasteiger partial charge in [-0.25, -0.2) is 0 Å². The maximum atomic E-state index is 10.1. The summed E-state index contributed by atoms with van der Waals surface area (Å²) in [6.07, 6.45) is 1.71. The zero-order chi connectivity index (χ0) is 18.5. The van der Waals surface area contributed by atoms with Crippen LogP contribution in [-0.4, -0.2) is 54.5 Å². The van der Waals surface area contributed by atoms with Crippen molar-refractivity contribution in [2.75, 3.05) is 33.3 Å². The third-order valence-corrected chi connectivity index (χ3v) is 4.85. The van der Waals surface area contributed by atoms with Crippen molar-refractivity contribution in [2.45, 2.75) is 20.4 Å². The van der Waals surface area contributed by atoms with Crippen molar-refractivity contribution >= 4 is 6.21 Å². The maximum Gasteiger partial charge on any atom is 0.166 e. The number of hydrazone groups is 1. The molecule has 0 aromatic heterocycles. The first-order chi connectivity index (χ1) is 12.6. The van der Waals surface area contributed by atoms with Gasteiger partial charge < -0.3 is 9.84 Å². The summed E-state index contributed by atoms with van der Waals surface area (Å²) in [6, 6.07) is 12.1. The lowest BCUT2D eigenvalue weighted by molar-refractivity contribution is 0.131. The number of aromatic hydroxyl groups is 1. The molecule has 0 atom stereocenters. The summed E-state index contributed by atoms with van der Waals surface area (Å²) in [4.78, 5) is 2.46. The van der Waals surface area contributed by atoms with Crippen LogP contribution in [0.4, 0.5) is 0 Å². The first kappa shape index (κ1) is 18.3. The van der Waals surface area contributed by atoms with Crippen molar-refractivity contribution in [3.63, 3.8) is 0 Å². The lowest BCUT2D eigenvalue weighted by Crippen LogP contribution is -2.43. The van der Waals surface area contributed by atoms with Crippen LogP contribution < -0.4 is 4.74 Å². The molecule has 0 saturated carbocycles. The molecule has 1 aliphatic heterocycles. The standard InChI is InChI=1S/C21H27N3O2/c1-16-7-8-19(17(2)13-16)15-23-9-11-24(12-10-23)22-14-18-5-4-6-20(26-3)21(18)25/h4-8,13-14,25H,9-12,15H2,1-3H3/b22-14-. The minimum Gasteiger partial charge on any atom is -0.504 e. The molecule has 138 valence electrons. The molecule has 3 rings (SSSR count). The Morgan fingerprint density at radius 1 is 1.12 bits per heavy atom. The summed E-state index contributed by atoms with van der Waals surface area (Å²) in [5, 5.41) is 16.7. The third kappa shape index (κ3) is 4.35. The molecule has 0 amide bonds. The van der Waals surface area contributed by atoms with E-state index in [2.05, 4.69) is 47.1 Å². The number of piperazine rings is 1. The first-order valence-corrected chi connectivity index (χ1v) is 9.00. The SMILES string of the molecule is COc1cccc(/C=N\N2CCN(Cc3ccc(C)cc3C)CC2)c1O. The molecule has 26 heavy (non-hydrogen) atoms. The van der Waals surface area contributed by atoms with Crippen molar-refractivity contribution < 1.29 is 9.84 Å². The second-order valence-electron chi connectivity index (χ2n) is 6.80. The van der Waals surface area contributed by atoms with Gasteiger partial charge in [-0.05, 0) is 37.1 Å². The highest BCUT2D eigenvalue weighted by Crippen LogP contribution is 2.28. The first-order valence-electron chi connectivity index (χ1n) is 9.00. The summed E-state index contributed by atoms with van der Waals surface area (Å²) in [6.45, 7) is 9.03. The van der Waals surface area contributed by atoms with E-state index < -0.39 is 0 Å². The van der Waals surface area contributed by atoms with Gasteiger partial charge in [-0.15, -0.1) is 0 Å². The van der Waals surface area contributed by atoms with Gasteiger partial charge in [0.1, 0.15) is 0 Å². The molecule has 5 heteroatoms. The molecule has 1 aliphatic rings. The number of rotatable bonds is 5. The number of phenolic OH excluding ortho intramolecular Hbond substituents is 1. The fourth-order valence-electron chi connectivity index (χ4n) is 3.23. The molecule has 0 unspecified atom stereocenters. The van der Waals surface area contributed by atoms with Crippen LogP contribution in [0.1, 0.15) is 22.3 Å². The summed E-state index contributed by atoms with van der Waals surface area (Å²) in [7, 11) is 1.55. The molecular formula is C21H27N3O2. The number of hydrogen-bond donors (Lipinski definition) is 1. The Kier molecular flexibility index (Phi) is 5.78. The zero-order valence-corrected chi connectivity index (χ0v) is 15.8. The van der Waals surface area contributed by atoms with E-state index in [4.69, 9.17) is 4.74 Å². The number of para-hydroxylation sites is 1. The Morgan fingerprint density at radius 3 is 2.58 bits per heavy atom. The van der Waals surface area contributed by atoms with Gasteiger partial charge >= 0.3 is 0 Å². The van der Waals surface area contributed by atoms with Crippen LogP contribution in [0.15, 0.2) is 41.5 Å². The average Bonchev–Trinajstić information content (AvgIpc) is 2.64. The summed E-state index contributed by atoms with van der Waals surface area (Å²) < 4.78 is 5.13. The van der Waals surface area contributed by atoms with Crippen LogP contribution in [0.5, 0.6) is 11.5 Å². The smallest absolute Gasteiger partial charge is 0.166 e. The largest absolute Gasteiger partial charge is 0.504 e. The number of ether oxygens (including phenoxy) is 1. The number of phenols is 1. The normalized spacial score (nSPS) is 15.6. The van der Waals surface area contributed by atoms with Crippen molar-refractivity contribution in [1.82, 2.24) is 9.91 Å². The molecule has 5 nitrogen and oxygen atoms in total. The number of aryl methyl sites for hydroxylation is 2. The second kappa shape index (κ2) is 8.23. The van der Waals surface area contributed by atoms with Crippen molar-refractivity contribution in [1.29, 1.82) is 0 Å². The van der Waals surface area contributed by atoms with Crippen LogP contribution in [-0.2, 0) is 6.54 Å². The predicted octanol–water partition coefficient (Wildman–Crippen LogP) is 3.17. The van der Waals surface area contributed by atoms with Crippen LogP contribution in [0.25, 0.3) is 0 Å². The van der Waals surface area contributed by atoms with Crippen LogP contribution in [0.3, 0.4) is 0 Å². The monoisotopic (exact) mass is 353 g/mol. The molecule has 2 aromatic carbocycles. The summed E-state index contributed by atoms with van der Waals surface area (Å²) >= 11 is 0. The van der Waals surface area contributed by atoms with E-state index in [-0.39, 0.29) is 5.75 Å². The molecule has 0 radical (unpaired) electrons. The number of nitrogens with zero attached hydrogens (tertiary/aromatic N) is 3. The van der Waals surface area contributed by atoms with E-state index in [0.29, 0.717) is 11.3 Å². The Balaban J connectivity index is 1.55. The van der Waals surface area contributed by atoms with Gasteiger partial charge in [-0.3, -0.25) is 9.91 Å². The van der Waals surface area contributed by atoms with Crippen LogP contribution >= 0.6 is 0 Å². The van der Waals surface area contributed by atoms with E-state index in [0.717, 1.165) is 32.7 Å². The Morgan fingerprint density at radius 2 is 1.88 bits per heavy atom. The predicted molar refractivity (Wildman–Crippen MR) is 105 cm³/mol. The van der Waals surface area contributed by atoms with E-state index >= 15 is 0 Å². The van der Waals surface area contributed by atoms with E-state index in [1.807, 2.05) is 12.1 Å². The van der Waals surface area contributed by atoms with E-state index in [1.54, 1.807) is 19.4 Å². The molecule has 1 saturated heterocycles. The number of benzene rings is 2. The van der Waals surface area contributed by atoms with Gasteiger partial charge in [0, 0.05) is 38.3 Å². The average molecular weight is 353 g/mol. The Bertz CT molecular complexity index is 781. The third-order valence-electron chi connectivity index (χ3n) is 4.85. The summed E-state index contributed by atoms with van der Waals surface area (Å²) in [5.74, 6) is 0.597. The minimum absolute atomic E-state index is 0.132. The van der Waals surface area contributed by atoms with Crippen LogP contribution in [0, 0.1) is 13.8 Å². The zero-order valence-electron chi connectivity index (χ0n) is 15.8. The van der Waals surface area contributed by atoms with Gasteiger partial charge in [0.25, 0.3) is 0 Å². The number of methoxy groups -OCH3 is 1. The van der Waals surface area contributed by atoms with Gasteiger partial charge in [0.2, 0.25) is 0 Å². The van der Waals surface area contributed by atoms with E-state index in [9.17, 15) is 5.11 Å². The molecule has 1 N–H and O–H groups in total. The minimum atomic E-state index is 0.132. The van der Waals surface area contributed by atoms with Crippen LogP contribution in [0.2, 0.25) is 0 Å². The van der Waals surface area contributed by atoms with Gasteiger partial charge in [0.15, 0.2) is 11.5 Å². The van der Waals surface area contributed by atoms with E-state index in [1.165, 1.54) is 16.7 Å². The highest BCUT2D eigenvalue weighted by molar-refractivity contribution is 5.84. The Labute approximate surface area is 155 Å². The summed E-state index contributed by atoms with van der Waals surface area (Å²) in [5.41, 5.74) is 4.74. The number of hydrogen-bond acceptors (Lipinski definition) is 5. The quantitative estimate of drug-likeness (QED) is 0.839. The molecule has 0 bridgehead atoms. The van der Waals surface area contributed by atoms with Gasteiger partial charge in [0.05, 0.1) is 13.3 Å². The molecular weight excluding hydrogens is 326 g/mol. The second-order valence-corrected chi connectivity index (χ2v) is 6.80. The van der Waals surface area contributed by atoms with Crippen molar-refractivity contribution in [3.05, 3.63) is 58.7 Å². The molecule has 1 heterocycles. The fraction of sp³-hybridized carbons (Fsp3) is 0.381. The molecule has 0 aliphatic carbocycles. The highest BCUT2D eigenvalue weighted by Gasteiger charge is 2.16. The fourth-order valence-corrected chi connectivity index (χ4v) is 3.23. The molecule has 2 aromatic rings. The van der Waals surface area contributed by atoms with Crippen molar-refractivity contribution in [3.8, 4) is 11.5 Å². The van der Waals surface area contributed by atoms with Crippen molar-refractivity contribution in [2.24, 2.45) is 5.10 Å². The lowest BCUT2D eigenvalue weighted by atomic mass is 10.1. The highest BCUT2D eigenvalue weighted by atomic mass is 16.5. The van der Waals surface area contributed by atoms with Gasteiger partial charge in [-0.1, -0.05) is 29.8 Å².